The Hall–Kier alpha value is -2.34. The standard InChI is InChI=1S/C18H26N2O4/c1-3-13-24-18(22)16(7-5-6-12-19)20-17(21)14-8-10-15(11-9-14)23-4-2/h3,8-11,16H,1,4-7,12-13,19H2,2H3,(H,20,21). The van der Waals surface area contributed by atoms with Gasteiger partial charge in [0, 0.05) is 5.56 Å². The topological polar surface area (TPSA) is 90.6 Å². The van der Waals surface area contributed by atoms with Gasteiger partial charge in [0.15, 0.2) is 0 Å². The average Bonchev–Trinajstić information content (AvgIpc) is 2.59. The average molecular weight is 334 g/mol. The number of unbranched alkanes of at least 4 members (excludes halogenated alkanes) is 1. The lowest BCUT2D eigenvalue weighted by molar-refractivity contribution is -0.144. The van der Waals surface area contributed by atoms with Crippen LogP contribution in [-0.2, 0) is 9.53 Å². The number of hydrogen-bond acceptors (Lipinski definition) is 5. The first-order valence-corrected chi connectivity index (χ1v) is 8.13. The highest BCUT2D eigenvalue weighted by molar-refractivity contribution is 5.96. The van der Waals surface area contributed by atoms with Crippen molar-refractivity contribution in [2.45, 2.75) is 32.2 Å². The summed E-state index contributed by atoms with van der Waals surface area (Å²) >= 11 is 0. The maximum Gasteiger partial charge on any atom is 0.328 e. The highest BCUT2D eigenvalue weighted by atomic mass is 16.5. The van der Waals surface area contributed by atoms with E-state index in [0.717, 1.165) is 12.8 Å². The summed E-state index contributed by atoms with van der Waals surface area (Å²) in [6.45, 7) is 6.62. The van der Waals surface area contributed by atoms with Gasteiger partial charge in [0.05, 0.1) is 6.61 Å². The van der Waals surface area contributed by atoms with Crippen molar-refractivity contribution in [3.05, 3.63) is 42.5 Å². The Morgan fingerprint density at radius 2 is 2.00 bits per heavy atom. The molecule has 1 unspecified atom stereocenters. The summed E-state index contributed by atoms with van der Waals surface area (Å²) in [5.74, 6) is -0.100. The number of carbonyl (C=O) groups is 2. The van der Waals surface area contributed by atoms with E-state index in [0.29, 0.717) is 30.9 Å². The number of rotatable bonds is 11. The molecule has 0 saturated heterocycles. The maximum atomic E-state index is 12.3. The molecule has 3 N–H and O–H groups in total. The summed E-state index contributed by atoms with van der Waals surface area (Å²) in [5.41, 5.74) is 5.93. The summed E-state index contributed by atoms with van der Waals surface area (Å²) in [4.78, 5) is 24.4. The first kappa shape index (κ1) is 19.7. The number of ether oxygens (including phenoxy) is 2. The lowest BCUT2D eigenvalue weighted by Gasteiger charge is -2.17. The number of carbonyl (C=O) groups excluding carboxylic acids is 2. The van der Waals surface area contributed by atoms with Crippen LogP contribution < -0.4 is 15.8 Å². The largest absolute Gasteiger partial charge is 0.494 e. The van der Waals surface area contributed by atoms with E-state index >= 15 is 0 Å². The SMILES string of the molecule is C=CCOC(=O)C(CCCCN)NC(=O)c1ccc(OCC)cc1. The molecule has 132 valence electrons. The third kappa shape index (κ3) is 6.83. The molecule has 0 aromatic heterocycles. The predicted octanol–water partition coefficient (Wildman–Crippen LogP) is 2.04. The van der Waals surface area contributed by atoms with Crippen LogP contribution in [-0.4, -0.2) is 37.7 Å². The van der Waals surface area contributed by atoms with Crippen LogP contribution in [0.3, 0.4) is 0 Å². The Bertz CT molecular complexity index is 528. The molecule has 0 saturated carbocycles. The van der Waals surface area contributed by atoms with Crippen LogP contribution in [0, 0.1) is 0 Å². The number of esters is 1. The molecule has 1 amide bonds. The number of benzene rings is 1. The fourth-order valence-corrected chi connectivity index (χ4v) is 2.09. The molecule has 0 heterocycles. The summed E-state index contributed by atoms with van der Waals surface area (Å²) in [6, 6.07) is 6.06. The van der Waals surface area contributed by atoms with E-state index in [1.165, 1.54) is 6.08 Å². The van der Waals surface area contributed by atoms with Crippen molar-refractivity contribution < 1.29 is 19.1 Å². The second-order valence-corrected chi connectivity index (χ2v) is 5.19. The van der Waals surface area contributed by atoms with Gasteiger partial charge in [-0.1, -0.05) is 12.7 Å². The molecule has 0 aliphatic heterocycles. The van der Waals surface area contributed by atoms with E-state index in [1.807, 2.05) is 6.92 Å². The van der Waals surface area contributed by atoms with Crippen LogP contribution in [0.1, 0.15) is 36.5 Å². The summed E-state index contributed by atoms with van der Waals surface area (Å²) in [5, 5.41) is 2.72. The smallest absolute Gasteiger partial charge is 0.328 e. The molecule has 1 rings (SSSR count). The van der Waals surface area contributed by atoms with E-state index in [9.17, 15) is 9.59 Å². The fraction of sp³-hybridized carbons (Fsp3) is 0.444. The summed E-state index contributed by atoms with van der Waals surface area (Å²) in [7, 11) is 0. The summed E-state index contributed by atoms with van der Waals surface area (Å²) < 4.78 is 10.4. The minimum absolute atomic E-state index is 0.116. The number of hydrogen-bond donors (Lipinski definition) is 2. The van der Waals surface area contributed by atoms with E-state index in [4.69, 9.17) is 15.2 Å². The minimum atomic E-state index is -0.699. The molecule has 0 fully saturated rings. The van der Waals surface area contributed by atoms with Crippen LogP contribution in [0.4, 0.5) is 0 Å². The van der Waals surface area contributed by atoms with Gasteiger partial charge in [-0.3, -0.25) is 4.79 Å². The Labute approximate surface area is 143 Å². The van der Waals surface area contributed by atoms with Gasteiger partial charge >= 0.3 is 5.97 Å². The predicted molar refractivity (Wildman–Crippen MR) is 92.9 cm³/mol. The van der Waals surface area contributed by atoms with Crippen LogP contribution in [0.25, 0.3) is 0 Å². The summed E-state index contributed by atoms with van der Waals surface area (Å²) in [6.07, 6.45) is 3.48. The van der Waals surface area contributed by atoms with Crippen molar-refractivity contribution in [2.24, 2.45) is 5.73 Å². The number of nitrogens with two attached hydrogens (primary N) is 1. The highest BCUT2D eigenvalue weighted by Crippen LogP contribution is 2.13. The van der Waals surface area contributed by atoms with Gasteiger partial charge in [-0.25, -0.2) is 4.79 Å². The van der Waals surface area contributed by atoms with Crippen molar-refractivity contribution >= 4 is 11.9 Å². The van der Waals surface area contributed by atoms with Gasteiger partial charge in [-0.15, -0.1) is 0 Å². The van der Waals surface area contributed by atoms with E-state index in [-0.39, 0.29) is 12.5 Å². The van der Waals surface area contributed by atoms with E-state index < -0.39 is 12.0 Å². The highest BCUT2D eigenvalue weighted by Gasteiger charge is 2.22. The Morgan fingerprint density at radius 1 is 1.29 bits per heavy atom. The van der Waals surface area contributed by atoms with E-state index in [1.54, 1.807) is 24.3 Å². The van der Waals surface area contributed by atoms with Crippen molar-refractivity contribution in [1.82, 2.24) is 5.32 Å². The van der Waals surface area contributed by atoms with Gasteiger partial charge in [-0.05, 0) is 57.0 Å². The molecule has 6 nitrogen and oxygen atoms in total. The number of amides is 1. The van der Waals surface area contributed by atoms with Crippen LogP contribution >= 0.6 is 0 Å². The second kappa shape index (κ2) is 11.2. The molecule has 0 radical (unpaired) electrons. The zero-order valence-corrected chi connectivity index (χ0v) is 14.1. The normalized spacial score (nSPS) is 11.4. The Balaban J connectivity index is 2.70. The second-order valence-electron chi connectivity index (χ2n) is 5.19. The van der Waals surface area contributed by atoms with Crippen LogP contribution in [0.2, 0.25) is 0 Å². The minimum Gasteiger partial charge on any atom is -0.494 e. The molecule has 24 heavy (non-hydrogen) atoms. The Morgan fingerprint density at radius 3 is 2.58 bits per heavy atom. The third-order valence-corrected chi connectivity index (χ3v) is 3.31. The van der Waals surface area contributed by atoms with Gasteiger partial charge in [0.25, 0.3) is 5.91 Å². The Kier molecular flexibility index (Phi) is 9.23. The molecule has 1 atom stereocenters. The zero-order valence-electron chi connectivity index (χ0n) is 14.1. The van der Waals surface area contributed by atoms with Crippen LogP contribution in [0.5, 0.6) is 5.75 Å². The third-order valence-electron chi connectivity index (χ3n) is 3.31. The fourth-order valence-electron chi connectivity index (χ4n) is 2.09. The van der Waals surface area contributed by atoms with Crippen molar-refractivity contribution in [1.29, 1.82) is 0 Å². The molecule has 0 aliphatic rings. The van der Waals surface area contributed by atoms with Crippen molar-refractivity contribution in [3.8, 4) is 5.75 Å². The quantitative estimate of drug-likeness (QED) is 0.367. The monoisotopic (exact) mass is 334 g/mol. The molecule has 0 spiro atoms. The number of nitrogens with one attached hydrogen (secondary N) is 1. The lowest BCUT2D eigenvalue weighted by atomic mass is 10.1. The van der Waals surface area contributed by atoms with Gasteiger partial charge in [0.1, 0.15) is 18.4 Å². The van der Waals surface area contributed by atoms with Gasteiger partial charge in [-0.2, -0.15) is 0 Å². The molecular formula is C18H26N2O4. The van der Waals surface area contributed by atoms with E-state index in [2.05, 4.69) is 11.9 Å². The lowest BCUT2D eigenvalue weighted by Crippen LogP contribution is -2.42. The van der Waals surface area contributed by atoms with Crippen LogP contribution in [0.15, 0.2) is 36.9 Å². The molecule has 0 aliphatic carbocycles. The molecule has 1 aromatic carbocycles. The maximum absolute atomic E-state index is 12.3. The molecule has 0 bridgehead atoms. The van der Waals surface area contributed by atoms with Crippen molar-refractivity contribution in [2.75, 3.05) is 19.8 Å². The molecule has 1 aromatic rings. The zero-order chi connectivity index (χ0) is 17.8. The van der Waals surface area contributed by atoms with Crippen molar-refractivity contribution in [3.63, 3.8) is 0 Å². The first-order valence-electron chi connectivity index (χ1n) is 8.13. The molecular weight excluding hydrogens is 308 g/mol. The van der Waals surface area contributed by atoms with Gasteiger partial charge in [0.2, 0.25) is 0 Å². The molecule has 6 heteroatoms. The first-order chi connectivity index (χ1) is 11.6. The van der Waals surface area contributed by atoms with Gasteiger partial charge < -0.3 is 20.5 Å².